The molecule has 0 amide bonds. The van der Waals surface area contributed by atoms with Crippen molar-refractivity contribution in [1.82, 2.24) is 19.9 Å². The SMILES string of the molecule is CCNC(Cc1nccn1CC)c1sc(C)nc1C. The zero-order chi connectivity index (χ0) is 13.8. The monoisotopic (exact) mass is 278 g/mol. The molecule has 4 nitrogen and oxygen atoms in total. The molecule has 5 heteroatoms. The van der Waals surface area contributed by atoms with E-state index in [0.717, 1.165) is 36.0 Å². The fourth-order valence-corrected chi connectivity index (χ4v) is 3.38. The van der Waals surface area contributed by atoms with Crippen LogP contribution in [-0.2, 0) is 13.0 Å². The lowest BCUT2D eigenvalue weighted by Gasteiger charge is -2.17. The Labute approximate surface area is 118 Å². The second-order valence-corrected chi connectivity index (χ2v) is 5.86. The zero-order valence-corrected chi connectivity index (χ0v) is 12.9. The van der Waals surface area contributed by atoms with Crippen LogP contribution in [0.5, 0.6) is 0 Å². The highest BCUT2D eigenvalue weighted by atomic mass is 32.1. The Morgan fingerprint density at radius 3 is 2.74 bits per heavy atom. The van der Waals surface area contributed by atoms with Crippen LogP contribution in [0.1, 0.15) is 41.3 Å². The molecule has 1 unspecified atom stereocenters. The molecule has 2 aromatic rings. The molecule has 2 aromatic heterocycles. The van der Waals surface area contributed by atoms with Crippen LogP contribution in [0.4, 0.5) is 0 Å². The first-order chi connectivity index (χ1) is 9.15. The minimum Gasteiger partial charge on any atom is -0.335 e. The van der Waals surface area contributed by atoms with Crippen LogP contribution in [-0.4, -0.2) is 21.1 Å². The third-order valence-electron chi connectivity index (χ3n) is 3.24. The fourth-order valence-electron chi connectivity index (χ4n) is 2.37. The largest absolute Gasteiger partial charge is 0.335 e. The molecule has 0 radical (unpaired) electrons. The number of nitrogens with one attached hydrogen (secondary N) is 1. The standard InChI is InChI=1S/C14H22N4S/c1-5-15-12(14-10(3)17-11(4)19-14)9-13-16-7-8-18(13)6-2/h7-8,12,15H,5-6,9H2,1-4H3. The van der Waals surface area contributed by atoms with Gasteiger partial charge in [-0.3, -0.25) is 0 Å². The molecule has 0 bridgehead atoms. The van der Waals surface area contributed by atoms with Crippen molar-refractivity contribution >= 4 is 11.3 Å². The zero-order valence-electron chi connectivity index (χ0n) is 12.1. The molecular weight excluding hydrogens is 256 g/mol. The molecule has 104 valence electrons. The quantitative estimate of drug-likeness (QED) is 0.883. The molecule has 0 spiro atoms. The van der Waals surface area contributed by atoms with Crippen molar-refractivity contribution in [2.45, 2.75) is 46.7 Å². The van der Waals surface area contributed by atoms with Crippen molar-refractivity contribution in [3.63, 3.8) is 0 Å². The van der Waals surface area contributed by atoms with Gasteiger partial charge in [-0.05, 0) is 27.3 Å². The molecule has 1 atom stereocenters. The molecule has 1 N–H and O–H groups in total. The van der Waals surface area contributed by atoms with Gasteiger partial charge in [-0.25, -0.2) is 9.97 Å². The number of hydrogen-bond acceptors (Lipinski definition) is 4. The van der Waals surface area contributed by atoms with Gasteiger partial charge >= 0.3 is 0 Å². The summed E-state index contributed by atoms with van der Waals surface area (Å²) in [5.41, 5.74) is 1.14. The lowest BCUT2D eigenvalue weighted by atomic mass is 10.1. The van der Waals surface area contributed by atoms with Gasteiger partial charge in [-0.15, -0.1) is 11.3 Å². The van der Waals surface area contributed by atoms with Crippen LogP contribution in [0.15, 0.2) is 12.4 Å². The van der Waals surface area contributed by atoms with Gasteiger partial charge in [-0.2, -0.15) is 0 Å². The summed E-state index contributed by atoms with van der Waals surface area (Å²) in [5, 5.41) is 4.69. The van der Waals surface area contributed by atoms with Crippen molar-refractivity contribution in [3.05, 3.63) is 33.8 Å². The van der Waals surface area contributed by atoms with E-state index in [1.165, 1.54) is 4.88 Å². The van der Waals surface area contributed by atoms with Gasteiger partial charge in [0, 0.05) is 30.2 Å². The van der Waals surface area contributed by atoms with Crippen molar-refractivity contribution in [3.8, 4) is 0 Å². The Morgan fingerprint density at radius 1 is 1.37 bits per heavy atom. The van der Waals surface area contributed by atoms with E-state index in [1.807, 2.05) is 12.4 Å². The van der Waals surface area contributed by atoms with E-state index in [4.69, 9.17) is 0 Å². The second kappa shape index (κ2) is 6.30. The van der Waals surface area contributed by atoms with E-state index in [9.17, 15) is 0 Å². The number of nitrogens with zero attached hydrogens (tertiary/aromatic N) is 3. The van der Waals surface area contributed by atoms with Gasteiger partial charge in [0.05, 0.1) is 16.7 Å². The average molecular weight is 278 g/mol. The average Bonchev–Trinajstić information content (AvgIpc) is 2.95. The summed E-state index contributed by atoms with van der Waals surface area (Å²) in [6.45, 7) is 10.4. The number of rotatable bonds is 6. The number of thiazole rings is 1. The molecule has 19 heavy (non-hydrogen) atoms. The lowest BCUT2D eigenvalue weighted by molar-refractivity contribution is 0.526. The summed E-state index contributed by atoms with van der Waals surface area (Å²) in [6.07, 6.45) is 4.84. The smallest absolute Gasteiger partial charge is 0.110 e. The van der Waals surface area contributed by atoms with Crippen molar-refractivity contribution in [1.29, 1.82) is 0 Å². The molecule has 0 aromatic carbocycles. The van der Waals surface area contributed by atoms with Gasteiger partial charge < -0.3 is 9.88 Å². The molecule has 0 aliphatic carbocycles. The highest BCUT2D eigenvalue weighted by molar-refractivity contribution is 7.11. The maximum Gasteiger partial charge on any atom is 0.110 e. The van der Waals surface area contributed by atoms with Crippen LogP contribution < -0.4 is 5.32 Å². The summed E-state index contributed by atoms with van der Waals surface area (Å²) >= 11 is 1.79. The summed E-state index contributed by atoms with van der Waals surface area (Å²) in [6, 6.07) is 0.309. The van der Waals surface area contributed by atoms with E-state index < -0.39 is 0 Å². The number of likely N-dealkylation sites (N-methyl/N-ethyl adjacent to an activating group) is 1. The van der Waals surface area contributed by atoms with Crippen LogP contribution in [0.25, 0.3) is 0 Å². The summed E-state index contributed by atoms with van der Waals surface area (Å²) in [5.74, 6) is 1.14. The van der Waals surface area contributed by atoms with Gasteiger partial charge in [0.1, 0.15) is 5.82 Å². The Hall–Kier alpha value is -1.20. The van der Waals surface area contributed by atoms with E-state index in [0.29, 0.717) is 6.04 Å². The third kappa shape index (κ3) is 3.22. The Kier molecular flexibility index (Phi) is 4.71. The summed E-state index contributed by atoms with van der Waals surface area (Å²) in [4.78, 5) is 10.4. The Morgan fingerprint density at radius 2 is 2.16 bits per heavy atom. The number of aryl methyl sites for hydroxylation is 3. The van der Waals surface area contributed by atoms with Crippen molar-refractivity contribution in [2.24, 2.45) is 0 Å². The molecule has 2 heterocycles. The second-order valence-electron chi connectivity index (χ2n) is 4.63. The van der Waals surface area contributed by atoms with Gasteiger partial charge in [0.2, 0.25) is 0 Å². The maximum absolute atomic E-state index is 4.54. The highest BCUT2D eigenvalue weighted by Gasteiger charge is 2.19. The summed E-state index contributed by atoms with van der Waals surface area (Å²) in [7, 11) is 0. The van der Waals surface area contributed by atoms with Crippen molar-refractivity contribution < 1.29 is 0 Å². The highest BCUT2D eigenvalue weighted by Crippen LogP contribution is 2.27. The first-order valence-corrected chi connectivity index (χ1v) is 7.64. The van der Waals surface area contributed by atoms with Crippen LogP contribution in [0.2, 0.25) is 0 Å². The summed E-state index contributed by atoms with van der Waals surface area (Å²) < 4.78 is 2.20. The minimum atomic E-state index is 0.309. The molecule has 0 saturated carbocycles. The number of aromatic nitrogens is 3. The van der Waals surface area contributed by atoms with Crippen LogP contribution >= 0.6 is 11.3 Å². The number of hydrogen-bond donors (Lipinski definition) is 1. The van der Waals surface area contributed by atoms with E-state index in [2.05, 4.69) is 47.5 Å². The molecule has 0 aliphatic heterocycles. The lowest BCUT2D eigenvalue weighted by Crippen LogP contribution is -2.24. The first-order valence-electron chi connectivity index (χ1n) is 6.83. The predicted octanol–water partition coefficient (Wildman–Crippen LogP) is 2.87. The van der Waals surface area contributed by atoms with E-state index in [1.54, 1.807) is 11.3 Å². The van der Waals surface area contributed by atoms with E-state index >= 15 is 0 Å². The van der Waals surface area contributed by atoms with Crippen LogP contribution in [0, 0.1) is 13.8 Å². The Balaban J connectivity index is 2.23. The van der Waals surface area contributed by atoms with Crippen molar-refractivity contribution in [2.75, 3.05) is 6.54 Å². The molecule has 2 rings (SSSR count). The van der Waals surface area contributed by atoms with Gasteiger partial charge in [0.25, 0.3) is 0 Å². The molecular formula is C14H22N4S. The molecule has 0 fully saturated rings. The molecule has 0 aliphatic rings. The van der Waals surface area contributed by atoms with E-state index in [-0.39, 0.29) is 0 Å². The maximum atomic E-state index is 4.54. The first kappa shape index (κ1) is 14.2. The fraction of sp³-hybridized carbons (Fsp3) is 0.571. The molecule has 0 saturated heterocycles. The van der Waals surface area contributed by atoms with Gasteiger partial charge in [0.15, 0.2) is 0 Å². The van der Waals surface area contributed by atoms with Gasteiger partial charge in [-0.1, -0.05) is 6.92 Å². The topological polar surface area (TPSA) is 42.7 Å². The predicted molar refractivity (Wildman–Crippen MR) is 79.6 cm³/mol. The number of imidazole rings is 1. The normalized spacial score (nSPS) is 12.8. The third-order valence-corrected chi connectivity index (χ3v) is 4.42. The minimum absolute atomic E-state index is 0.309. The van der Waals surface area contributed by atoms with Crippen LogP contribution in [0.3, 0.4) is 0 Å². The Bertz CT molecular complexity index is 529.